The summed E-state index contributed by atoms with van der Waals surface area (Å²) >= 11 is 4.89. The van der Waals surface area contributed by atoms with Gasteiger partial charge in [-0.25, -0.2) is 4.39 Å². The van der Waals surface area contributed by atoms with Crippen molar-refractivity contribution in [1.29, 1.82) is 0 Å². The average Bonchev–Trinajstić information content (AvgIpc) is 2.64. The number of imidazole rings is 1. The molecule has 2 rings (SSSR count). The van der Waals surface area contributed by atoms with Gasteiger partial charge >= 0.3 is 0 Å². The standard InChI is InChI=1S/C11H8FN3OS/c1-2-3-13-10(16)7-4-6(12)5-8-9(7)15-11(17)14-8/h1,4-5H,3H2,(H,13,16)(H2,14,15,17). The summed E-state index contributed by atoms with van der Waals surface area (Å²) in [5.74, 6) is 1.31. The highest BCUT2D eigenvalue weighted by atomic mass is 32.1. The van der Waals surface area contributed by atoms with Crippen LogP contribution in [0.1, 0.15) is 10.4 Å². The van der Waals surface area contributed by atoms with E-state index in [4.69, 9.17) is 18.6 Å². The third-order valence-electron chi connectivity index (χ3n) is 2.19. The Kier molecular flexibility index (Phi) is 2.93. The van der Waals surface area contributed by atoms with Crippen LogP contribution in [-0.2, 0) is 0 Å². The van der Waals surface area contributed by atoms with Gasteiger partial charge in [-0.3, -0.25) is 4.79 Å². The number of aromatic nitrogens is 2. The van der Waals surface area contributed by atoms with E-state index in [1.54, 1.807) is 0 Å². The van der Waals surface area contributed by atoms with Gasteiger partial charge in [-0.05, 0) is 24.4 Å². The summed E-state index contributed by atoms with van der Waals surface area (Å²) < 4.78 is 13.6. The van der Waals surface area contributed by atoms with Crippen molar-refractivity contribution >= 4 is 29.2 Å². The molecule has 2 aromatic rings. The van der Waals surface area contributed by atoms with Gasteiger partial charge in [-0.1, -0.05) is 5.92 Å². The van der Waals surface area contributed by atoms with Crippen LogP contribution in [0, 0.1) is 22.9 Å². The number of amides is 1. The number of nitrogens with one attached hydrogen (secondary N) is 3. The van der Waals surface area contributed by atoms with Crippen molar-refractivity contribution in [2.45, 2.75) is 0 Å². The van der Waals surface area contributed by atoms with E-state index < -0.39 is 11.7 Å². The first-order chi connectivity index (χ1) is 8.11. The van der Waals surface area contributed by atoms with Gasteiger partial charge in [0.25, 0.3) is 5.91 Å². The highest BCUT2D eigenvalue weighted by Gasteiger charge is 2.13. The van der Waals surface area contributed by atoms with Crippen LogP contribution >= 0.6 is 12.2 Å². The Morgan fingerprint density at radius 1 is 1.53 bits per heavy atom. The third-order valence-corrected chi connectivity index (χ3v) is 2.39. The van der Waals surface area contributed by atoms with Crippen LogP contribution in [-0.4, -0.2) is 22.4 Å². The second-order valence-electron chi connectivity index (χ2n) is 3.34. The van der Waals surface area contributed by atoms with Crippen molar-refractivity contribution in [3.8, 4) is 12.3 Å². The second kappa shape index (κ2) is 4.39. The van der Waals surface area contributed by atoms with Crippen LogP contribution in [0.2, 0.25) is 0 Å². The summed E-state index contributed by atoms with van der Waals surface area (Å²) in [5, 5.41) is 2.47. The monoisotopic (exact) mass is 249 g/mol. The molecule has 0 aliphatic rings. The molecular formula is C11H8FN3OS. The van der Waals surface area contributed by atoms with Crippen molar-refractivity contribution in [3.63, 3.8) is 0 Å². The van der Waals surface area contributed by atoms with Crippen LogP contribution in [0.25, 0.3) is 11.0 Å². The lowest BCUT2D eigenvalue weighted by molar-refractivity contribution is 0.0960. The minimum atomic E-state index is -0.520. The second-order valence-corrected chi connectivity index (χ2v) is 3.75. The molecule has 0 saturated heterocycles. The van der Waals surface area contributed by atoms with E-state index in [9.17, 15) is 9.18 Å². The number of carbonyl (C=O) groups is 1. The maximum absolute atomic E-state index is 13.3. The molecule has 0 aliphatic heterocycles. The van der Waals surface area contributed by atoms with Crippen LogP contribution in [0.5, 0.6) is 0 Å². The molecule has 1 aromatic carbocycles. The third kappa shape index (κ3) is 2.19. The summed E-state index contributed by atoms with van der Waals surface area (Å²) in [4.78, 5) is 17.3. The Bertz CT molecular complexity index is 680. The van der Waals surface area contributed by atoms with Gasteiger partial charge in [-0.2, -0.15) is 0 Å². The molecule has 86 valence electrons. The predicted octanol–water partition coefficient (Wildman–Crippen LogP) is 1.73. The molecular weight excluding hydrogens is 241 g/mol. The van der Waals surface area contributed by atoms with Gasteiger partial charge in [0.1, 0.15) is 5.82 Å². The maximum Gasteiger partial charge on any atom is 0.254 e. The zero-order valence-electron chi connectivity index (χ0n) is 8.63. The van der Waals surface area contributed by atoms with E-state index in [1.807, 2.05) is 0 Å². The topological polar surface area (TPSA) is 60.7 Å². The summed E-state index contributed by atoms with van der Waals surface area (Å²) in [6.45, 7) is 0.0853. The summed E-state index contributed by atoms with van der Waals surface area (Å²) in [7, 11) is 0. The minimum Gasteiger partial charge on any atom is -0.341 e. The Balaban J connectivity index is 2.56. The normalized spacial score (nSPS) is 10.1. The molecule has 0 unspecified atom stereocenters. The lowest BCUT2D eigenvalue weighted by Crippen LogP contribution is -2.23. The number of hydrogen-bond donors (Lipinski definition) is 3. The molecule has 0 bridgehead atoms. The zero-order valence-corrected chi connectivity index (χ0v) is 9.45. The Hall–Kier alpha value is -2.13. The lowest BCUT2D eigenvalue weighted by Gasteiger charge is -2.03. The Morgan fingerprint density at radius 2 is 2.29 bits per heavy atom. The molecule has 1 aromatic heterocycles. The molecule has 17 heavy (non-hydrogen) atoms. The number of carbonyl (C=O) groups excluding carboxylic acids is 1. The molecule has 0 saturated carbocycles. The van der Waals surface area contributed by atoms with Crippen LogP contribution in [0.15, 0.2) is 12.1 Å². The number of terminal acetylenes is 1. The van der Waals surface area contributed by atoms with Gasteiger partial charge in [0, 0.05) is 0 Å². The zero-order chi connectivity index (χ0) is 12.4. The molecule has 0 aliphatic carbocycles. The van der Waals surface area contributed by atoms with Gasteiger partial charge in [0.05, 0.1) is 23.1 Å². The predicted molar refractivity (Wildman–Crippen MR) is 64.6 cm³/mol. The van der Waals surface area contributed by atoms with Gasteiger partial charge in [0.15, 0.2) is 4.77 Å². The van der Waals surface area contributed by atoms with E-state index in [2.05, 4.69) is 21.2 Å². The highest BCUT2D eigenvalue weighted by Crippen LogP contribution is 2.17. The number of fused-ring (bicyclic) bond motifs is 1. The molecule has 4 nitrogen and oxygen atoms in total. The first-order valence-corrected chi connectivity index (χ1v) is 5.16. The molecule has 0 atom stereocenters. The first-order valence-electron chi connectivity index (χ1n) is 4.75. The highest BCUT2D eigenvalue weighted by molar-refractivity contribution is 7.71. The largest absolute Gasteiger partial charge is 0.341 e. The Morgan fingerprint density at radius 3 is 3.00 bits per heavy atom. The number of H-pyrrole nitrogens is 2. The van der Waals surface area contributed by atoms with Gasteiger partial charge in [-0.15, -0.1) is 6.42 Å². The van der Waals surface area contributed by atoms with E-state index in [-0.39, 0.29) is 12.1 Å². The van der Waals surface area contributed by atoms with E-state index in [0.29, 0.717) is 15.8 Å². The average molecular weight is 249 g/mol. The van der Waals surface area contributed by atoms with Gasteiger partial charge < -0.3 is 15.3 Å². The molecule has 3 N–H and O–H groups in total. The minimum absolute atomic E-state index is 0.0853. The van der Waals surface area contributed by atoms with Crippen LogP contribution in [0.3, 0.4) is 0 Å². The number of hydrogen-bond acceptors (Lipinski definition) is 2. The summed E-state index contributed by atoms with van der Waals surface area (Å²) in [6, 6.07) is 2.40. The summed E-state index contributed by atoms with van der Waals surface area (Å²) in [5.41, 5.74) is 1.08. The van der Waals surface area contributed by atoms with Crippen LogP contribution < -0.4 is 5.32 Å². The van der Waals surface area contributed by atoms with Gasteiger partial charge in [0.2, 0.25) is 0 Å². The van der Waals surface area contributed by atoms with E-state index >= 15 is 0 Å². The first kappa shape index (κ1) is 11.4. The molecule has 0 spiro atoms. The molecule has 0 fully saturated rings. The number of halogens is 1. The number of aromatic amines is 2. The van der Waals surface area contributed by atoms with Crippen molar-refractivity contribution < 1.29 is 9.18 Å². The lowest BCUT2D eigenvalue weighted by atomic mass is 10.1. The van der Waals surface area contributed by atoms with Crippen molar-refractivity contribution in [2.75, 3.05) is 6.54 Å². The fourth-order valence-corrected chi connectivity index (χ4v) is 1.72. The number of benzene rings is 1. The maximum atomic E-state index is 13.3. The molecule has 1 heterocycles. The molecule has 1 amide bonds. The van der Waals surface area contributed by atoms with Crippen molar-refractivity contribution in [3.05, 3.63) is 28.3 Å². The van der Waals surface area contributed by atoms with E-state index in [1.165, 1.54) is 6.07 Å². The smallest absolute Gasteiger partial charge is 0.254 e. The fraction of sp³-hybridized carbons (Fsp3) is 0.0909. The molecule has 6 heteroatoms. The summed E-state index contributed by atoms with van der Waals surface area (Å²) in [6.07, 6.45) is 5.03. The fourth-order valence-electron chi connectivity index (χ4n) is 1.51. The van der Waals surface area contributed by atoms with Crippen molar-refractivity contribution in [2.24, 2.45) is 0 Å². The van der Waals surface area contributed by atoms with Crippen LogP contribution in [0.4, 0.5) is 4.39 Å². The van der Waals surface area contributed by atoms with Crippen molar-refractivity contribution in [1.82, 2.24) is 15.3 Å². The quantitative estimate of drug-likeness (QED) is 0.560. The number of rotatable bonds is 2. The molecule has 0 radical (unpaired) electrons. The SMILES string of the molecule is C#CCNC(=O)c1cc(F)cc2[nH]c(=S)[nH]c12. The van der Waals surface area contributed by atoms with E-state index in [0.717, 1.165) is 6.07 Å². The Labute approximate surface area is 101 Å².